The van der Waals surface area contributed by atoms with Crippen LogP contribution in [0.5, 0.6) is 0 Å². The zero-order chi connectivity index (χ0) is 29.0. The van der Waals surface area contributed by atoms with E-state index in [0.717, 1.165) is 50.3 Å². The summed E-state index contributed by atoms with van der Waals surface area (Å²) in [5.74, 6) is 0.703. The predicted octanol–water partition coefficient (Wildman–Crippen LogP) is 10.3. The van der Waals surface area contributed by atoms with Crippen LogP contribution in [0.3, 0.4) is 0 Å². The van der Waals surface area contributed by atoms with Gasteiger partial charge in [-0.25, -0.2) is 15.0 Å². The Kier molecular flexibility index (Phi) is 5.64. The van der Waals surface area contributed by atoms with E-state index in [1.807, 2.05) is 53.8 Å². The zero-order valence-electron chi connectivity index (χ0n) is 23.6. The van der Waals surface area contributed by atoms with Gasteiger partial charge >= 0.3 is 0 Å². The lowest BCUT2D eigenvalue weighted by Crippen LogP contribution is -1.96. The average molecular weight is 581 g/mol. The molecular weight excluding hydrogens is 557 g/mol. The molecule has 9 rings (SSSR count). The number of fused-ring (bicyclic) bond motifs is 7. The smallest absolute Gasteiger partial charge is 0.160 e. The molecule has 4 aromatic heterocycles. The molecule has 4 heterocycles. The van der Waals surface area contributed by atoms with Crippen molar-refractivity contribution in [2.75, 3.05) is 0 Å². The van der Waals surface area contributed by atoms with E-state index in [4.69, 9.17) is 15.0 Å². The summed E-state index contributed by atoms with van der Waals surface area (Å²) in [6.45, 7) is 0. The molecule has 0 atom stereocenters. The third-order valence-corrected chi connectivity index (χ3v) is 9.40. The maximum atomic E-state index is 5.10. The van der Waals surface area contributed by atoms with Crippen molar-refractivity contribution in [1.82, 2.24) is 19.4 Å². The molecule has 0 unspecified atom stereocenters. The van der Waals surface area contributed by atoms with E-state index >= 15 is 0 Å². The predicted molar refractivity (Wildman–Crippen MR) is 183 cm³/mol. The van der Waals surface area contributed by atoms with Gasteiger partial charge in [0.15, 0.2) is 5.82 Å². The monoisotopic (exact) mass is 580 g/mol. The highest BCUT2D eigenvalue weighted by atomic mass is 32.1. The van der Waals surface area contributed by atoms with Crippen LogP contribution in [0.25, 0.3) is 81.9 Å². The zero-order valence-corrected chi connectivity index (χ0v) is 24.4. The number of rotatable bonds is 4. The van der Waals surface area contributed by atoms with E-state index in [2.05, 4.69) is 108 Å². The molecule has 0 fully saturated rings. The summed E-state index contributed by atoms with van der Waals surface area (Å²) < 4.78 is 4.66. The number of imidazole rings is 1. The van der Waals surface area contributed by atoms with Gasteiger partial charge < -0.3 is 0 Å². The first kappa shape index (κ1) is 24.9. The molecule has 44 heavy (non-hydrogen) atoms. The molecule has 0 saturated heterocycles. The van der Waals surface area contributed by atoms with Crippen LogP contribution in [-0.4, -0.2) is 19.4 Å². The van der Waals surface area contributed by atoms with Crippen molar-refractivity contribution in [1.29, 1.82) is 0 Å². The van der Waals surface area contributed by atoms with Gasteiger partial charge in [0.1, 0.15) is 11.2 Å². The van der Waals surface area contributed by atoms with Crippen LogP contribution in [0.4, 0.5) is 0 Å². The lowest BCUT2D eigenvalue weighted by atomic mass is 9.97. The third-order valence-electron chi connectivity index (χ3n) is 8.22. The number of hydrogen-bond acceptors (Lipinski definition) is 4. The Labute approximate surface area is 257 Å². The van der Waals surface area contributed by atoms with E-state index in [-0.39, 0.29) is 0 Å². The molecule has 5 heteroatoms. The van der Waals surface area contributed by atoms with Crippen LogP contribution in [0.15, 0.2) is 146 Å². The number of benzene rings is 5. The molecular formula is C39H24N4S. The molecule has 0 amide bonds. The molecule has 0 N–H and O–H groups in total. The van der Waals surface area contributed by atoms with Crippen molar-refractivity contribution in [3.05, 3.63) is 146 Å². The molecule has 0 aliphatic rings. The summed E-state index contributed by atoms with van der Waals surface area (Å²) in [6, 6.07) is 48.5. The number of hydrogen-bond donors (Lipinski definition) is 0. The van der Waals surface area contributed by atoms with Gasteiger partial charge in [-0.2, -0.15) is 0 Å². The molecule has 5 aromatic carbocycles. The van der Waals surface area contributed by atoms with Crippen molar-refractivity contribution < 1.29 is 0 Å². The SMILES string of the molecule is c1ccc(-c2cc(-c3ccccc3)nc(-c3cccc(-c4cc5c(nc6ccccn65)c5sc6ccccc6c45)c3)n2)cc1. The summed E-state index contributed by atoms with van der Waals surface area (Å²) in [4.78, 5) is 15.3. The van der Waals surface area contributed by atoms with Crippen molar-refractivity contribution in [3.63, 3.8) is 0 Å². The van der Waals surface area contributed by atoms with Gasteiger partial charge in [0.2, 0.25) is 0 Å². The third kappa shape index (κ3) is 4.02. The first-order valence-electron chi connectivity index (χ1n) is 14.6. The second-order valence-electron chi connectivity index (χ2n) is 10.9. The van der Waals surface area contributed by atoms with E-state index in [1.165, 1.54) is 25.7 Å². The molecule has 206 valence electrons. The van der Waals surface area contributed by atoms with E-state index < -0.39 is 0 Å². The number of thiophene rings is 1. The maximum absolute atomic E-state index is 5.10. The minimum Gasteiger partial charge on any atom is -0.300 e. The minimum atomic E-state index is 0.703. The molecule has 0 aliphatic carbocycles. The van der Waals surface area contributed by atoms with Crippen LogP contribution in [0.2, 0.25) is 0 Å². The maximum Gasteiger partial charge on any atom is 0.160 e. The lowest BCUT2D eigenvalue weighted by molar-refractivity contribution is 1.18. The fourth-order valence-corrected chi connectivity index (χ4v) is 7.37. The second-order valence-corrected chi connectivity index (χ2v) is 12.0. The Morgan fingerprint density at radius 1 is 0.523 bits per heavy atom. The summed E-state index contributed by atoms with van der Waals surface area (Å²) in [7, 11) is 0. The summed E-state index contributed by atoms with van der Waals surface area (Å²) in [5.41, 5.74) is 10.3. The van der Waals surface area contributed by atoms with Gasteiger partial charge in [0, 0.05) is 38.4 Å². The van der Waals surface area contributed by atoms with Crippen molar-refractivity contribution in [2.45, 2.75) is 0 Å². The Bertz CT molecular complexity index is 2440. The lowest BCUT2D eigenvalue weighted by Gasteiger charge is -2.11. The van der Waals surface area contributed by atoms with Crippen molar-refractivity contribution >= 4 is 48.2 Å². The minimum absolute atomic E-state index is 0.703. The quantitative estimate of drug-likeness (QED) is 0.208. The fraction of sp³-hybridized carbons (Fsp3) is 0. The molecule has 4 nitrogen and oxygen atoms in total. The molecule has 0 radical (unpaired) electrons. The largest absolute Gasteiger partial charge is 0.300 e. The van der Waals surface area contributed by atoms with Crippen LogP contribution in [-0.2, 0) is 0 Å². The van der Waals surface area contributed by atoms with Gasteiger partial charge in [-0.05, 0) is 47.5 Å². The van der Waals surface area contributed by atoms with E-state index in [9.17, 15) is 0 Å². The molecule has 9 aromatic rings. The highest BCUT2D eigenvalue weighted by Crippen LogP contribution is 2.44. The van der Waals surface area contributed by atoms with Crippen LogP contribution in [0.1, 0.15) is 0 Å². The summed E-state index contributed by atoms with van der Waals surface area (Å²) >= 11 is 1.81. The van der Waals surface area contributed by atoms with E-state index in [1.54, 1.807) is 0 Å². The number of pyridine rings is 1. The van der Waals surface area contributed by atoms with E-state index in [0.29, 0.717) is 5.82 Å². The molecule has 0 saturated carbocycles. The number of aromatic nitrogens is 4. The van der Waals surface area contributed by atoms with Crippen LogP contribution in [0, 0.1) is 0 Å². The Morgan fingerprint density at radius 2 is 1.18 bits per heavy atom. The number of nitrogens with zero attached hydrogens (tertiary/aromatic N) is 4. The molecule has 0 bridgehead atoms. The average Bonchev–Trinajstić information content (AvgIpc) is 3.68. The van der Waals surface area contributed by atoms with Gasteiger partial charge in [-0.3, -0.25) is 4.40 Å². The standard InChI is InChI=1S/C39H24N4S/c1-3-12-25(13-4-1)31-24-32(26-14-5-2-6-15-26)41-39(40-31)28-17-11-16-27(22-28)30-23-33-37(42-35-20-9-10-21-43(33)35)38-36(30)29-18-7-8-19-34(29)44-38/h1-24H. The van der Waals surface area contributed by atoms with Crippen LogP contribution < -0.4 is 0 Å². The molecule has 0 spiro atoms. The topological polar surface area (TPSA) is 43.1 Å². The summed E-state index contributed by atoms with van der Waals surface area (Å²) in [5, 5.41) is 2.49. The normalized spacial score (nSPS) is 11.6. The van der Waals surface area contributed by atoms with Crippen molar-refractivity contribution in [2.24, 2.45) is 0 Å². The van der Waals surface area contributed by atoms with Gasteiger partial charge in [0.25, 0.3) is 0 Å². The van der Waals surface area contributed by atoms with Gasteiger partial charge in [-0.1, -0.05) is 103 Å². The Hall–Kier alpha value is -5.65. The summed E-state index contributed by atoms with van der Waals surface area (Å²) in [6.07, 6.45) is 2.10. The first-order chi connectivity index (χ1) is 21.8. The highest BCUT2D eigenvalue weighted by molar-refractivity contribution is 7.26. The second kappa shape index (κ2) is 9.97. The van der Waals surface area contributed by atoms with Gasteiger partial charge in [-0.15, -0.1) is 11.3 Å². The van der Waals surface area contributed by atoms with Gasteiger partial charge in [0.05, 0.1) is 21.6 Å². The first-order valence-corrected chi connectivity index (χ1v) is 15.4. The Balaban J connectivity index is 1.29. The Morgan fingerprint density at radius 3 is 1.95 bits per heavy atom. The van der Waals surface area contributed by atoms with Crippen LogP contribution >= 0.6 is 11.3 Å². The fourth-order valence-electron chi connectivity index (χ4n) is 6.15. The molecule has 0 aliphatic heterocycles. The highest BCUT2D eigenvalue weighted by Gasteiger charge is 2.19. The van der Waals surface area contributed by atoms with Crippen molar-refractivity contribution in [3.8, 4) is 45.0 Å².